The number of hydrogen-bond donors (Lipinski definition) is 2. The average molecular weight is 248 g/mol. The topological polar surface area (TPSA) is 74.6 Å². The van der Waals surface area contributed by atoms with Gasteiger partial charge in [-0.25, -0.2) is 9.59 Å². The molecule has 16 heavy (non-hydrogen) atoms. The number of aromatic carboxylic acids is 2. The van der Waals surface area contributed by atoms with E-state index in [1.807, 2.05) is 13.8 Å². The molecule has 0 spiro atoms. The van der Waals surface area contributed by atoms with Crippen molar-refractivity contribution in [3.8, 4) is 0 Å². The van der Waals surface area contributed by atoms with E-state index in [-0.39, 0.29) is 69.9 Å². The number of carboxylic acids is 2. The van der Waals surface area contributed by atoms with Gasteiger partial charge in [0.15, 0.2) is 0 Å². The van der Waals surface area contributed by atoms with Crippen LogP contribution in [0, 0.1) is 0 Å². The van der Waals surface area contributed by atoms with Crippen molar-refractivity contribution < 1.29 is 72.6 Å². The predicted octanol–water partition coefficient (Wildman–Crippen LogP) is -0.677. The Hall–Kier alpha value is -0.204. The van der Waals surface area contributed by atoms with E-state index in [1.165, 1.54) is 6.07 Å². The Balaban J connectivity index is 0. The zero-order valence-electron chi connectivity index (χ0n) is 10.5. The van der Waals surface area contributed by atoms with Crippen molar-refractivity contribution in [1.29, 1.82) is 0 Å². The van der Waals surface area contributed by atoms with Crippen molar-refractivity contribution in [3.05, 3.63) is 34.9 Å². The Morgan fingerprint density at radius 3 is 2.12 bits per heavy atom. The Bertz CT molecular complexity index is 418. The minimum absolute atomic E-state index is 0. The summed E-state index contributed by atoms with van der Waals surface area (Å²) in [7, 11) is 0. The molecular formula is C11H13KO4. The second-order valence-corrected chi connectivity index (χ2v) is 3.53. The molecule has 0 saturated heterocycles. The van der Waals surface area contributed by atoms with Crippen LogP contribution in [0.15, 0.2) is 18.2 Å². The summed E-state index contributed by atoms with van der Waals surface area (Å²) in [6.07, 6.45) is 0. The van der Waals surface area contributed by atoms with Crippen LogP contribution in [0.25, 0.3) is 0 Å². The monoisotopic (exact) mass is 248 g/mol. The minimum Gasteiger partial charge on any atom is -1.00 e. The van der Waals surface area contributed by atoms with Crippen LogP contribution in [0.4, 0.5) is 0 Å². The van der Waals surface area contributed by atoms with E-state index in [4.69, 9.17) is 10.2 Å². The molecule has 0 saturated carbocycles. The molecule has 82 valence electrons. The van der Waals surface area contributed by atoms with Crippen LogP contribution in [0.5, 0.6) is 0 Å². The molecule has 4 nitrogen and oxygen atoms in total. The predicted molar refractivity (Wildman–Crippen MR) is 55.6 cm³/mol. The van der Waals surface area contributed by atoms with Gasteiger partial charge in [0.25, 0.3) is 0 Å². The third-order valence-corrected chi connectivity index (χ3v) is 2.16. The van der Waals surface area contributed by atoms with Gasteiger partial charge in [0.2, 0.25) is 0 Å². The van der Waals surface area contributed by atoms with Gasteiger partial charge in [0, 0.05) is 0 Å². The Morgan fingerprint density at radius 2 is 1.75 bits per heavy atom. The molecular weight excluding hydrogens is 235 g/mol. The molecule has 0 radical (unpaired) electrons. The Kier molecular flexibility index (Phi) is 6.43. The van der Waals surface area contributed by atoms with E-state index in [0.29, 0.717) is 5.56 Å². The van der Waals surface area contributed by atoms with Gasteiger partial charge in [-0.15, -0.1) is 0 Å². The quantitative estimate of drug-likeness (QED) is 0.695. The third kappa shape index (κ3) is 3.39. The van der Waals surface area contributed by atoms with Crippen LogP contribution in [0.1, 0.15) is 47.5 Å². The van der Waals surface area contributed by atoms with E-state index >= 15 is 0 Å². The van der Waals surface area contributed by atoms with Crippen LogP contribution in [0.3, 0.4) is 0 Å². The summed E-state index contributed by atoms with van der Waals surface area (Å²) >= 11 is 0. The fourth-order valence-electron chi connectivity index (χ4n) is 1.47. The molecule has 0 aliphatic rings. The number of benzene rings is 1. The van der Waals surface area contributed by atoms with Gasteiger partial charge in [-0.2, -0.15) is 0 Å². The molecule has 0 aliphatic carbocycles. The summed E-state index contributed by atoms with van der Waals surface area (Å²) in [5.74, 6) is -2.43. The van der Waals surface area contributed by atoms with E-state index in [0.717, 1.165) is 0 Å². The Morgan fingerprint density at radius 1 is 1.19 bits per heavy atom. The molecule has 1 rings (SSSR count). The zero-order valence-corrected chi connectivity index (χ0v) is 12.6. The molecule has 1 aromatic rings. The Labute approximate surface area is 138 Å². The van der Waals surface area contributed by atoms with Gasteiger partial charge >= 0.3 is 63.3 Å². The maximum Gasteiger partial charge on any atom is 1.00 e. The maximum absolute atomic E-state index is 11.0. The van der Waals surface area contributed by atoms with Gasteiger partial charge in [0.1, 0.15) is 0 Å². The summed E-state index contributed by atoms with van der Waals surface area (Å²) < 4.78 is 0. The van der Waals surface area contributed by atoms with Gasteiger partial charge in [0.05, 0.1) is 11.1 Å². The molecule has 0 aliphatic heterocycles. The van der Waals surface area contributed by atoms with Gasteiger partial charge in [-0.1, -0.05) is 26.0 Å². The minimum atomic E-state index is -1.21. The van der Waals surface area contributed by atoms with Crippen molar-refractivity contribution in [2.24, 2.45) is 0 Å². The first-order valence-electron chi connectivity index (χ1n) is 4.54. The summed E-state index contributed by atoms with van der Waals surface area (Å²) in [6, 6.07) is 4.50. The SMILES string of the molecule is CC(C)c1cccc(C(=O)O)c1C(=O)O.[H-].[K+]. The second kappa shape index (κ2) is 6.51. The number of rotatable bonds is 3. The second-order valence-electron chi connectivity index (χ2n) is 3.53. The van der Waals surface area contributed by atoms with Crippen LogP contribution >= 0.6 is 0 Å². The third-order valence-electron chi connectivity index (χ3n) is 2.16. The molecule has 5 heteroatoms. The summed E-state index contributed by atoms with van der Waals surface area (Å²) in [6.45, 7) is 3.65. The normalized spacial score (nSPS) is 9.69. The van der Waals surface area contributed by atoms with Crippen molar-refractivity contribution in [2.75, 3.05) is 0 Å². The molecule has 0 unspecified atom stereocenters. The smallest absolute Gasteiger partial charge is 1.00 e. The first-order valence-corrected chi connectivity index (χ1v) is 4.54. The first kappa shape index (κ1) is 15.8. The van der Waals surface area contributed by atoms with Crippen LogP contribution in [-0.4, -0.2) is 22.2 Å². The van der Waals surface area contributed by atoms with Crippen molar-refractivity contribution in [2.45, 2.75) is 19.8 Å². The molecule has 2 N–H and O–H groups in total. The molecule has 0 atom stereocenters. The molecule has 0 fully saturated rings. The van der Waals surface area contributed by atoms with Gasteiger partial charge in [-0.3, -0.25) is 0 Å². The molecule has 0 amide bonds. The standard InChI is InChI=1S/C11H12O4.K.H/c1-6(2)7-4-3-5-8(10(12)13)9(7)11(14)15;;/h3-6H,1-2H3,(H,12,13)(H,14,15);;/q;+1;-1. The fourth-order valence-corrected chi connectivity index (χ4v) is 1.47. The van der Waals surface area contributed by atoms with E-state index < -0.39 is 11.9 Å². The number of carboxylic acid groups (broad SMARTS) is 2. The summed E-state index contributed by atoms with van der Waals surface area (Å²) in [5, 5.41) is 17.8. The van der Waals surface area contributed by atoms with E-state index in [9.17, 15) is 9.59 Å². The van der Waals surface area contributed by atoms with Crippen LogP contribution in [-0.2, 0) is 0 Å². The fraction of sp³-hybridized carbons (Fsp3) is 0.273. The number of carbonyl (C=O) groups is 2. The largest absolute Gasteiger partial charge is 1.00 e. The molecule has 1 aromatic carbocycles. The van der Waals surface area contributed by atoms with Crippen molar-refractivity contribution >= 4 is 11.9 Å². The van der Waals surface area contributed by atoms with Crippen LogP contribution < -0.4 is 51.4 Å². The summed E-state index contributed by atoms with van der Waals surface area (Å²) in [4.78, 5) is 21.8. The maximum atomic E-state index is 11.0. The van der Waals surface area contributed by atoms with Crippen molar-refractivity contribution in [3.63, 3.8) is 0 Å². The average Bonchev–Trinajstić information content (AvgIpc) is 2.16. The van der Waals surface area contributed by atoms with Gasteiger partial charge < -0.3 is 11.6 Å². The number of hydrogen-bond acceptors (Lipinski definition) is 2. The van der Waals surface area contributed by atoms with E-state index in [1.54, 1.807) is 12.1 Å². The van der Waals surface area contributed by atoms with Crippen LogP contribution in [0.2, 0.25) is 0 Å². The molecule has 0 heterocycles. The molecule has 0 aromatic heterocycles. The van der Waals surface area contributed by atoms with Gasteiger partial charge in [-0.05, 0) is 17.5 Å². The van der Waals surface area contributed by atoms with Crippen molar-refractivity contribution in [1.82, 2.24) is 0 Å². The first-order chi connectivity index (χ1) is 6.95. The zero-order chi connectivity index (χ0) is 11.6. The summed E-state index contributed by atoms with van der Waals surface area (Å²) in [5.41, 5.74) is 0.274. The van der Waals surface area contributed by atoms with E-state index in [2.05, 4.69) is 0 Å². The molecule has 0 bridgehead atoms.